The molecule has 8 heteroatoms. The van der Waals surface area contributed by atoms with E-state index < -0.39 is 10.0 Å². The van der Waals surface area contributed by atoms with E-state index in [1.807, 2.05) is 0 Å². The van der Waals surface area contributed by atoms with Crippen LogP contribution in [0, 0.1) is 0 Å². The summed E-state index contributed by atoms with van der Waals surface area (Å²) in [6, 6.07) is 1.68. The van der Waals surface area contributed by atoms with E-state index in [9.17, 15) is 8.42 Å². The molecule has 0 fully saturated rings. The Morgan fingerprint density at radius 2 is 2.31 bits per heavy atom. The third-order valence-electron chi connectivity index (χ3n) is 1.88. The van der Waals surface area contributed by atoms with Gasteiger partial charge in [-0.05, 0) is 11.4 Å². The van der Waals surface area contributed by atoms with E-state index >= 15 is 0 Å². The molecule has 0 saturated carbocycles. The zero-order chi connectivity index (χ0) is 11.8. The minimum Gasteiger partial charge on any atom is -0.381 e. The highest BCUT2D eigenvalue weighted by Crippen LogP contribution is 2.21. The van der Waals surface area contributed by atoms with E-state index in [0.29, 0.717) is 5.69 Å². The van der Waals surface area contributed by atoms with Gasteiger partial charge in [0.1, 0.15) is 4.90 Å². The number of rotatable bonds is 3. The molecule has 0 atom stereocenters. The molecule has 0 radical (unpaired) electrons. The standard InChI is InChI=1S/C8H10N4O2S2/c1-12-4-7(8(9)10-12)16(13,14)11-6-2-3-15-5-6/h2-5,11H,1H3,(H2,9,10). The van der Waals surface area contributed by atoms with E-state index in [4.69, 9.17) is 5.73 Å². The van der Waals surface area contributed by atoms with Crippen molar-refractivity contribution in [3.8, 4) is 0 Å². The topological polar surface area (TPSA) is 90.0 Å². The Balaban J connectivity index is 2.36. The molecule has 0 unspecified atom stereocenters. The summed E-state index contributed by atoms with van der Waals surface area (Å²) in [5, 5.41) is 7.27. The van der Waals surface area contributed by atoms with Crippen LogP contribution >= 0.6 is 11.3 Å². The van der Waals surface area contributed by atoms with Gasteiger partial charge in [0.25, 0.3) is 10.0 Å². The monoisotopic (exact) mass is 258 g/mol. The molecule has 2 aromatic heterocycles. The highest BCUT2D eigenvalue weighted by molar-refractivity contribution is 7.92. The summed E-state index contributed by atoms with van der Waals surface area (Å²) in [4.78, 5) is -0.0128. The van der Waals surface area contributed by atoms with E-state index in [-0.39, 0.29) is 10.7 Å². The molecule has 0 aliphatic rings. The number of hydrogen-bond acceptors (Lipinski definition) is 5. The van der Waals surface area contributed by atoms with Gasteiger partial charge in [0.15, 0.2) is 5.82 Å². The van der Waals surface area contributed by atoms with Crippen molar-refractivity contribution < 1.29 is 8.42 Å². The molecule has 0 saturated heterocycles. The second-order valence-corrected chi connectivity index (χ2v) is 5.60. The van der Waals surface area contributed by atoms with Crippen molar-refractivity contribution in [2.24, 2.45) is 7.05 Å². The Hall–Kier alpha value is -1.54. The molecule has 2 aromatic rings. The quantitative estimate of drug-likeness (QED) is 0.854. The van der Waals surface area contributed by atoms with E-state index in [0.717, 1.165) is 0 Å². The van der Waals surface area contributed by atoms with Gasteiger partial charge in [-0.25, -0.2) is 8.42 Å². The fourth-order valence-electron chi connectivity index (χ4n) is 1.22. The fraction of sp³-hybridized carbons (Fsp3) is 0.125. The van der Waals surface area contributed by atoms with Gasteiger partial charge >= 0.3 is 0 Å². The van der Waals surface area contributed by atoms with Gasteiger partial charge in [-0.1, -0.05) is 0 Å². The van der Waals surface area contributed by atoms with Crippen LogP contribution in [0.5, 0.6) is 0 Å². The largest absolute Gasteiger partial charge is 0.381 e. The smallest absolute Gasteiger partial charge is 0.267 e. The lowest BCUT2D eigenvalue weighted by Gasteiger charge is -2.03. The SMILES string of the molecule is Cn1cc(S(=O)(=O)Nc2ccsc2)c(N)n1. The molecule has 2 heterocycles. The number of thiophene rings is 1. The molecule has 2 rings (SSSR count). The summed E-state index contributed by atoms with van der Waals surface area (Å²) in [5.41, 5.74) is 6.03. The number of hydrogen-bond donors (Lipinski definition) is 2. The average molecular weight is 258 g/mol. The number of aromatic nitrogens is 2. The van der Waals surface area contributed by atoms with Gasteiger partial charge < -0.3 is 5.73 Å². The molecule has 0 aliphatic heterocycles. The van der Waals surface area contributed by atoms with Gasteiger partial charge in [0.2, 0.25) is 0 Å². The first-order valence-electron chi connectivity index (χ1n) is 4.33. The van der Waals surface area contributed by atoms with Crippen molar-refractivity contribution in [2.75, 3.05) is 10.5 Å². The highest BCUT2D eigenvalue weighted by atomic mass is 32.2. The number of aryl methyl sites for hydroxylation is 1. The second-order valence-electron chi connectivity index (χ2n) is 3.17. The number of nitrogen functional groups attached to an aromatic ring is 1. The lowest BCUT2D eigenvalue weighted by atomic mass is 10.6. The van der Waals surface area contributed by atoms with Crippen molar-refractivity contribution in [1.29, 1.82) is 0 Å². The van der Waals surface area contributed by atoms with Crippen LogP contribution in [0.4, 0.5) is 11.5 Å². The molecule has 6 nitrogen and oxygen atoms in total. The van der Waals surface area contributed by atoms with Crippen LogP contribution in [0.1, 0.15) is 0 Å². The maximum Gasteiger partial charge on any atom is 0.267 e. The number of nitrogens with one attached hydrogen (secondary N) is 1. The maximum atomic E-state index is 11.9. The molecule has 0 amide bonds. The summed E-state index contributed by atoms with van der Waals surface area (Å²) < 4.78 is 27.6. The third-order valence-corrected chi connectivity index (χ3v) is 3.97. The number of nitrogens with two attached hydrogens (primary N) is 1. The molecule has 0 bridgehead atoms. The fourth-order valence-corrected chi connectivity index (χ4v) is 3.04. The summed E-state index contributed by atoms with van der Waals surface area (Å²) >= 11 is 1.41. The van der Waals surface area contributed by atoms with Gasteiger partial charge in [-0.15, -0.1) is 0 Å². The van der Waals surface area contributed by atoms with Crippen molar-refractivity contribution in [3.63, 3.8) is 0 Å². The van der Waals surface area contributed by atoms with E-state index in [1.54, 1.807) is 23.9 Å². The van der Waals surface area contributed by atoms with E-state index in [2.05, 4.69) is 9.82 Å². The lowest BCUT2D eigenvalue weighted by molar-refractivity contribution is 0.601. The van der Waals surface area contributed by atoms with Crippen molar-refractivity contribution in [1.82, 2.24) is 9.78 Å². The van der Waals surface area contributed by atoms with Crippen LogP contribution in [0.2, 0.25) is 0 Å². The molecule has 3 N–H and O–H groups in total. The average Bonchev–Trinajstić information content (AvgIpc) is 2.75. The van der Waals surface area contributed by atoms with Crippen LogP contribution in [0.3, 0.4) is 0 Å². The van der Waals surface area contributed by atoms with Crippen LogP contribution < -0.4 is 10.5 Å². The Bertz CT molecular complexity index is 586. The normalized spacial score (nSPS) is 11.6. The molecule has 0 spiro atoms. The Morgan fingerprint density at radius 1 is 1.56 bits per heavy atom. The van der Waals surface area contributed by atoms with Gasteiger partial charge in [0, 0.05) is 18.6 Å². The van der Waals surface area contributed by atoms with Crippen LogP contribution in [-0.4, -0.2) is 18.2 Å². The first kappa shape index (κ1) is 11.0. The number of sulfonamides is 1. The van der Waals surface area contributed by atoms with Gasteiger partial charge in [-0.2, -0.15) is 16.4 Å². The second kappa shape index (κ2) is 3.80. The minimum atomic E-state index is -3.64. The molecule has 0 aromatic carbocycles. The van der Waals surface area contributed by atoms with Crippen molar-refractivity contribution >= 4 is 32.9 Å². The first-order valence-corrected chi connectivity index (χ1v) is 6.76. The zero-order valence-corrected chi connectivity index (χ0v) is 10.0. The molecule has 86 valence electrons. The summed E-state index contributed by atoms with van der Waals surface area (Å²) in [7, 11) is -2.03. The summed E-state index contributed by atoms with van der Waals surface area (Å²) in [6.45, 7) is 0. The molecule has 0 aliphatic carbocycles. The van der Waals surface area contributed by atoms with E-state index in [1.165, 1.54) is 22.2 Å². The Labute approximate surface area is 96.8 Å². The van der Waals surface area contributed by atoms with Crippen molar-refractivity contribution in [2.45, 2.75) is 4.90 Å². The third kappa shape index (κ3) is 2.02. The predicted molar refractivity (Wildman–Crippen MR) is 62.7 cm³/mol. The Kier molecular flexibility index (Phi) is 2.60. The lowest BCUT2D eigenvalue weighted by Crippen LogP contribution is -2.13. The van der Waals surface area contributed by atoms with Gasteiger partial charge in [-0.3, -0.25) is 9.40 Å². The predicted octanol–water partition coefficient (Wildman–Crippen LogP) is 0.865. The first-order chi connectivity index (χ1) is 7.49. The zero-order valence-electron chi connectivity index (χ0n) is 8.41. The van der Waals surface area contributed by atoms with Gasteiger partial charge in [0.05, 0.1) is 5.69 Å². The highest BCUT2D eigenvalue weighted by Gasteiger charge is 2.20. The van der Waals surface area contributed by atoms with Crippen LogP contribution in [0.15, 0.2) is 27.9 Å². The molecular weight excluding hydrogens is 248 g/mol. The molecule has 16 heavy (non-hydrogen) atoms. The van der Waals surface area contributed by atoms with Crippen LogP contribution in [0.25, 0.3) is 0 Å². The number of nitrogens with zero attached hydrogens (tertiary/aromatic N) is 2. The summed E-state index contributed by atoms with van der Waals surface area (Å²) in [5.74, 6) is -0.00905. The van der Waals surface area contributed by atoms with Crippen molar-refractivity contribution in [3.05, 3.63) is 23.0 Å². The molecular formula is C8H10N4O2S2. The minimum absolute atomic E-state index is 0.00905. The van der Waals surface area contributed by atoms with Crippen LogP contribution in [-0.2, 0) is 17.1 Å². The number of anilines is 2. The Morgan fingerprint density at radius 3 is 2.81 bits per heavy atom. The maximum absolute atomic E-state index is 11.9. The summed E-state index contributed by atoms with van der Waals surface area (Å²) in [6.07, 6.45) is 1.37.